The van der Waals surface area contributed by atoms with Gasteiger partial charge in [0.2, 0.25) is 0 Å². The second-order valence-corrected chi connectivity index (χ2v) is 12.6. The van der Waals surface area contributed by atoms with Gasteiger partial charge in [0.25, 0.3) is 0 Å². The molecular formula is C34H44O11. The smallest absolute Gasteiger partial charge is 0.341 e. The quantitative estimate of drug-likeness (QED) is 0.169. The van der Waals surface area contributed by atoms with Crippen molar-refractivity contribution in [2.45, 2.75) is 122 Å². The lowest BCUT2D eigenvalue weighted by atomic mass is 9.75. The predicted molar refractivity (Wildman–Crippen MR) is 160 cm³/mol. The normalized spacial score (nSPS) is 34.4. The standard InChI is InChI=1S/C34H44O11/c1-8-10-16-24(36)42-28-26-25(20(4)27(28)43-30(37)19(3)9-2)29-34(40,33(7,39)31(38)44-29)23(17-32(26,6)45-21(5)35)41-18-22-14-12-11-13-15-22/h9,11-15,23,26-29,39-40H,8,10,16-18H2,1-7H3/b19-9-/t23-,26-,27+,28+,29+,32+,33-,34-/m1/s1. The number of carbonyl (C=O) groups excluding carboxylic acids is 4. The van der Waals surface area contributed by atoms with Crippen LogP contribution >= 0.6 is 0 Å². The molecule has 2 aliphatic carbocycles. The number of rotatable bonds is 10. The Morgan fingerprint density at radius 2 is 1.76 bits per heavy atom. The maximum atomic E-state index is 13.2. The van der Waals surface area contributed by atoms with Gasteiger partial charge in [-0.3, -0.25) is 9.59 Å². The molecule has 1 aliphatic heterocycles. The van der Waals surface area contributed by atoms with E-state index in [2.05, 4.69) is 0 Å². The van der Waals surface area contributed by atoms with E-state index in [0.29, 0.717) is 17.6 Å². The highest BCUT2D eigenvalue weighted by Gasteiger charge is 2.75. The number of hydrogen-bond donors (Lipinski definition) is 2. The number of carbonyl (C=O) groups is 4. The highest BCUT2D eigenvalue weighted by atomic mass is 16.6. The topological polar surface area (TPSA) is 155 Å². The SMILES string of the molecule is C/C=C(/C)C(=O)O[C@H]1C(C)=C2[C@H]([C@@H]1OC(=O)CCCC)[C@@](C)(OC(C)=O)C[C@@H](OCc1ccccc1)[C@@]1(O)[C@H]2OC(=O)[C@@]1(C)O. The molecule has 0 amide bonds. The Hall–Kier alpha value is -3.54. The predicted octanol–water partition coefficient (Wildman–Crippen LogP) is 3.63. The lowest BCUT2D eigenvalue weighted by Crippen LogP contribution is -2.64. The van der Waals surface area contributed by atoms with Crippen molar-refractivity contribution in [1.29, 1.82) is 0 Å². The minimum Gasteiger partial charge on any atom is -0.459 e. The number of allylic oxidation sites excluding steroid dienone is 1. The summed E-state index contributed by atoms with van der Waals surface area (Å²) in [6.45, 7) is 10.8. The van der Waals surface area contributed by atoms with Gasteiger partial charge in [-0.15, -0.1) is 0 Å². The molecule has 11 nitrogen and oxygen atoms in total. The number of hydrogen-bond acceptors (Lipinski definition) is 11. The second-order valence-electron chi connectivity index (χ2n) is 12.6. The minimum absolute atomic E-state index is 0.0119. The lowest BCUT2D eigenvalue weighted by molar-refractivity contribution is -0.213. The van der Waals surface area contributed by atoms with Crippen molar-refractivity contribution >= 4 is 23.9 Å². The Morgan fingerprint density at radius 3 is 2.36 bits per heavy atom. The van der Waals surface area contributed by atoms with Crippen molar-refractivity contribution in [2.75, 3.05) is 0 Å². The molecule has 0 aromatic heterocycles. The minimum atomic E-state index is -2.46. The van der Waals surface area contributed by atoms with E-state index in [0.717, 1.165) is 18.9 Å². The van der Waals surface area contributed by atoms with Crippen molar-refractivity contribution in [3.05, 3.63) is 58.7 Å². The van der Waals surface area contributed by atoms with Crippen molar-refractivity contribution in [3.8, 4) is 0 Å². The van der Waals surface area contributed by atoms with Crippen LogP contribution in [0.4, 0.5) is 0 Å². The molecule has 11 heteroatoms. The summed E-state index contributed by atoms with van der Waals surface area (Å²) in [5.74, 6) is -4.03. The fourth-order valence-electron chi connectivity index (χ4n) is 6.75. The zero-order valence-electron chi connectivity index (χ0n) is 27.0. The van der Waals surface area contributed by atoms with Crippen LogP contribution in [-0.2, 0) is 49.5 Å². The van der Waals surface area contributed by atoms with E-state index in [1.807, 2.05) is 37.3 Å². The molecule has 0 spiro atoms. The number of ether oxygens (including phenoxy) is 5. The van der Waals surface area contributed by atoms with Crippen LogP contribution in [0.5, 0.6) is 0 Å². The molecule has 4 rings (SSSR count). The fourth-order valence-corrected chi connectivity index (χ4v) is 6.75. The van der Waals surface area contributed by atoms with Crippen LogP contribution < -0.4 is 0 Å². The van der Waals surface area contributed by atoms with Crippen LogP contribution in [0, 0.1) is 5.92 Å². The van der Waals surface area contributed by atoms with E-state index in [9.17, 15) is 29.4 Å². The molecule has 1 aromatic rings. The fraction of sp³-hybridized carbons (Fsp3) is 0.588. The van der Waals surface area contributed by atoms with Gasteiger partial charge < -0.3 is 33.9 Å². The number of aliphatic hydroxyl groups is 2. The van der Waals surface area contributed by atoms with Crippen molar-refractivity contribution in [2.24, 2.45) is 5.92 Å². The summed E-state index contributed by atoms with van der Waals surface area (Å²) in [5.41, 5.74) is -4.78. The highest BCUT2D eigenvalue weighted by Crippen LogP contribution is 2.57. The van der Waals surface area contributed by atoms with Gasteiger partial charge in [0, 0.05) is 25.3 Å². The summed E-state index contributed by atoms with van der Waals surface area (Å²) in [7, 11) is 0. The Bertz CT molecular complexity index is 1380. The van der Waals surface area contributed by atoms with Crippen LogP contribution in [-0.4, -0.2) is 75.3 Å². The summed E-state index contributed by atoms with van der Waals surface area (Å²) in [6.07, 6.45) is -2.52. The Labute approximate surface area is 263 Å². The average Bonchev–Trinajstić information content (AvgIpc) is 3.32. The van der Waals surface area contributed by atoms with Crippen molar-refractivity contribution in [1.82, 2.24) is 0 Å². The third-order valence-electron chi connectivity index (χ3n) is 9.33. The summed E-state index contributed by atoms with van der Waals surface area (Å²) in [6, 6.07) is 9.10. The third-order valence-corrected chi connectivity index (χ3v) is 9.33. The second kappa shape index (κ2) is 13.1. The summed E-state index contributed by atoms with van der Waals surface area (Å²) in [4.78, 5) is 52.1. The van der Waals surface area contributed by atoms with Gasteiger partial charge in [-0.25, -0.2) is 9.59 Å². The molecule has 0 bridgehead atoms. The summed E-state index contributed by atoms with van der Waals surface area (Å²) in [5, 5.41) is 24.1. The van der Waals surface area contributed by atoms with Gasteiger partial charge in [-0.2, -0.15) is 0 Å². The monoisotopic (exact) mass is 628 g/mol. The molecule has 0 unspecified atom stereocenters. The van der Waals surface area contributed by atoms with E-state index >= 15 is 0 Å². The number of esters is 4. The largest absolute Gasteiger partial charge is 0.459 e. The number of unbranched alkanes of at least 4 members (excludes halogenated alkanes) is 1. The van der Waals surface area contributed by atoms with Crippen LogP contribution in [0.2, 0.25) is 0 Å². The third kappa shape index (κ3) is 6.17. The van der Waals surface area contributed by atoms with E-state index in [-0.39, 0.29) is 25.0 Å². The lowest BCUT2D eigenvalue weighted by Gasteiger charge is -2.42. The van der Waals surface area contributed by atoms with Gasteiger partial charge in [0.05, 0.1) is 18.6 Å². The van der Waals surface area contributed by atoms with Gasteiger partial charge >= 0.3 is 23.9 Å². The molecule has 1 heterocycles. The highest BCUT2D eigenvalue weighted by molar-refractivity contribution is 5.88. The van der Waals surface area contributed by atoms with E-state index in [1.54, 1.807) is 33.8 Å². The molecule has 2 fully saturated rings. The van der Waals surface area contributed by atoms with Gasteiger partial charge in [0.1, 0.15) is 5.60 Å². The molecule has 2 N–H and O–H groups in total. The Balaban J connectivity index is 1.92. The maximum Gasteiger partial charge on any atom is 0.341 e. The number of fused-ring (bicyclic) bond motifs is 3. The summed E-state index contributed by atoms with van der Waals surface area (Å²) < 4.78 is 30.0. The first-order chi connectivity index (χ1) is 21.1. The molecular weight excluding hydrogens is 584 g/mol. The van der Waals surface area contributed by atoms with Crippen LogP contribution in [0.15, 0.2) is 53.1 Å². The van der Waals surface area contributed by atoms with E-state index in [4.69, 9.17) is 23.7 Å². The van der Waals surface area contributed by atoms with Crippen LogP contribution in [0.25, 0.3) is 0 Å². The maximum absolute atomic E-state index is 13.2. The first-order valence-corrected chi connectivity index (χ1v) is 15.4. The molecule has 0 radical (unpaired) electrons. The zero-order chi connectivity index (χ0) is 33.3. The van der Waals surface area contributed by atoms with Gasteiger partial charge in [0.15, 0.2) is 29.5 Å². The van der Waals surface area contributed by atoms with Crippen LogP contribution in [0.1, 0.15) is 79.7 Å². The zero-order valence-corrected chi connectivity index (χ0v) is 27.0. The van der Waals surface area contributed by atoms with Crippen molar-refractivity contribution in [3.63, 3.8) is 0 Å². The van der Waals surface area contributed by atoms with E-state index in [1.165, 1.54) is 6.92 Å². The first kappa shape index (κ1) is 34.3. The molecule has 45 heavy (non-hydrogen) atoms. The molecule has 3 aliphatic rings. The molecule has 1 saturated heterocycles. The Morgan fingerprint density at radius 1 is 1.09 bits per heavy atom. The van der Waals surface area contributed by atoms with Crippen molar-refractivity contribution < 1.29 is 53.1 Å². The molecule has 8 atom stereocenters. The van der Waals surface area contributed by atoms with Gasteiger partial charge in [-0.1, -0.05) is 49.8 Å². The summed E-state index contributed by atoms with van der Waals surface area (Å²) >= 11 is 0. The van der Waals surface area contributed by atoms with Gasteiger partial charge in [-0.05, 0) is 57.7 Å². The average molecular weight is 629 g/mol. The first-order valence-electron chi connectivity index (χ1n) is 15.4. The van der Waals surface area contributed by atoms with Crippen LogP contribution in [0.3, 0.4) is 0 Å². The van der Waals surface area contributed by atoms with E-state index < -0.39 is 71.0 Å². The molecule has 246 valence electrons. The molecule has 1 aromatic carbocycles. The molecule has 1 saturated carbocycles. The Kier molecular flexibility index (Phi) is 9.96. The number of benzene rings is 1.